The van der Waals surface area contributed by atoms with Gasteiger partial charge in [0.15, 0.2) is 0 Å². The van der Waals surface area contributed by atoms with Crippen LogP contribution in [0.4, 0.5) is 0 Å². The predicted molar refractivity (Wildman–Crippen MR) is 98.0 cm³/mol. The van der Waals surface area contributed by atoms with E-state index in [0.29, 0.717) is 0 Å². The van der Waals surface area contributed by atoms with Gasteiger partial charge in [0, 0.05) is 38.5 Å². The topological polar surface area (TPSA) is 194 Å². The summed E-state index contributed by atoms with van der Waals surface area (Å²) in [7, 11) is 0. The van der Waals surface area contributed by atoms with Gasteiger partial charge in [-0.15, -0.1) is 15.2 Å². The molecule has 3 saturated heterocycles. The number of hydrogen-bond donors (Lipinski definition) is 0. The van der Waals surface area contributed by atoms with Gasteiger partial charge >= 0.3 is 17.9 Å². The zero-order chi connectivity index (χ0) is 25.0. The Labute approximate surface area is 190 Å². The summed E-state index contributed by atoms with van der Waals surface area (Å²) in [5, 5.41) is 0.751. The quantitative estimate of drug-likeness (QED) is 0.304. The average Bonchev–Trinajstić information content (AvgIpc) is 3.36. The van der Waals surface area contributed by atoms with Crippen molar-refractivity contribution in [2.75, 3.05) is 19.6 Å². The smallest absolute Gasteiger partial charge is 0.329 e. The normalized spacial score (nSPS) is 18.4. The predicted octanol–water partition coefficient (Wildman–Crippen LogP) is -2.89. The third-order valence-electron chi connectivity index (χ3n) is 4.65. The zero-order valence-electron chi connectivity index (χ0n) is 17.6. The van der Waals surface area contributed by atoms with Gasteiger partial charge in [0.25, 0.3) is 35.4 Å². The summed E-state index contributed by atoms with van der Waals surface area (Å²) < 4.78 is 0. The van der Waals surface area contributed by atoms with Crippen LogP contribution in [0.5, 0.6) is 0 Å². The number of carbonyl (C=O) groups is 9. The number of imide groups is 3. The lowest BCUT2D eigenvalue weighted by atomic mass is 10.4. The van der Waals surface area contributed by atoms with Crippen molar-refractivity contribution in [2.24, 2.45) is 0 Å². The van der Waals surface area contributed by atoms with Crippen molar-refractivity contribution in [2.45, 2.75) is 38.5 Å². The Kier molecular flexibility index (Phi) is 7.30. The number of rotatable bonds is 9. The molecular formula is C18H18N4O12. The van der Waals surface area contributed by atoms with Crippen LogP contribution in [-0.4, -0.2) is 93.1 Å². The largest absolute Gasteiger partial charge is 0.347 e. The second-order valence-corrected chi connectivity index (χ2v) is 7.28. The number of hydroxylamine groups is 6. The molecule has 3 aliphatic rings. The van der Waals surface area contributed by atoms with Gasteiger partial charge in [0.05, 0.1) is 0 Å². The Morgan fingerprint density at radius 2 is 0.706 bits per heavy atom. The molecule has 6 amide bonds. The highest BCUT2D eigenvalue weighted by molar-refractivity contribution is 6.03. The standard InChI is InChI=1S/C18H18N4O12/c23-10-1-2-11(24)20(10)32-16(29)7-19(8-17(30)33-21-12(25)3-4-13(21)26)9-18(31)34-22-14(27)5-6-15(22)28/h1-9H2. The van der Waals surface area contributed by atoms with Crippen LogP contribution in [0.15, 0.2) is 0 Å². The van der Waals surface area contributed by atoms with Crippen molar-refractivity contribution in [3.05, 3.63) is 0 Å². The van der Waals surface area contributed by atoms with Crippen LogP contribution >= 0.6 is 0 Å². The van der Waals surface area contributed by atoms with E-state index in [2.05, 4.69) is 14.5 Å². The summed E-state index contributed by atoms with van der Waals surface area (Å²) in [5.41, 5.74) is 0. The first kappa shape index (κ1) is 24.4. The van der Waals surface area contributed by atoms with E-state index < -0.39 is 73.0 Å². The molecular weight excluding hydrogens is 464 g/mol. The second-order valence-electron chi connectivity index (χ2n) is 7.28. The number of amides is 6. The maximum atomic E-state index is 12.2. The molecule has 0 aromatic rings. The highest BCUT2D eigenvalue weighted by atomic mass is 16.7. The molecule has 0 spiro atoms. The molecule has 0 unspecified atom stereocenters. The molecule has 3 rings (SSSR count). The van der Waals surface area contributed by atoms with Gasteiger partial charge in [-0.1, -0.05) is 0 Å². The van der Waals surface area contributed by atoms with Crippen LogP contribution in [0.2, 0.25) is 0 Å². The average molecular weight is 482 g/mol. The van der Waals surface area contributed by atoms with Gasteiger partial charge in [-0.05, 0) is 0 Å². The lowest BCUT2D eigenvalue weighted by Gasteiger charge is -2.22. The number of hydrogen-bond acceptors (Lipinski definition) is 13. The monoisotopic (exact) mass is 482 g/mol. The van der Waals surface area contributed by atoms with Crippen LogP contribution < -0.4 is 0 Å². The lowest BCUT2D eigenvalue weighted by Crippen LogP contribution is -2.45. The Bertz CT molecular complexity index is 820. The van der Waals surface area contributed by atoms with Crippen molar-refractivity contribution in [1.29, 1.82) is 0 Å². The number of carbonyl (C=O) groups excluding carboxylic acids is 9. The Morgan fingerprint density at radius 1 is 0.500 bits per heavy atom. The van der Waals surface area contributed by atoms with Crippen LogP contribution in [-0.2, 0) is 57.7 Å². The van der Waals surface area contributed by atoms with E-state index in [1.807, 2.05) is 0 Å². The molecule has 16 nitrogen and oxygen atoms in total. The van der Waals surface area contributed by atoms with Gasteiger partial charge in [-0.3, -0.25) is 33.7 Å². The van der Waals surface area contributed by atoms with Gasteiger partial charge < -0.3 is 14.5 Å². The van der Waals surface area contributed by atoms with E-state index >= 15 is 0 Å². The van der Waals surface area contributed by atoms with Crippen molar-refractivity contribution in [3.63, 3.8) is 0 Å². The fraction of sp³-hybridized carbons (Fsp3) is 0.500. The van der Waals surface area contributed by atoms with Crippen LogP contribution in [0, 0.1) is 0 Å². The van der Waals surface area contributed by atoms with Crippen molar-refractivity contribution < 1.29 is 57.7 Å². The summed E-state index contributed by atoms with van der Waals surface area (Å²) >= 11 is 0. The molecule has 3 heterocycles. The minimum absolute atomic E-state index is 0.162. The van der Waals surface area contributed by atoms with E-state index in [1.54, 1.807) is 0 Å². The van der Waals surface area contributed by atoms with E-state index in [9.17, 15) is 43.2 Å². The highest BCUT2D eigenvalue weighted by Crippen LogP contribution is 2.15. The molecule has 3 aliphatic heterocycles. The first-order chi connectivity index (χ1) is 16.0. The van der Waals surface area contributed by atoms with E-state index in [1.165, 1.54) is 0 Å². The maximum absolute atomic E-state index is 12.2. The Balaban J connectivity index is 1.63. The van der Waals surface area contributed by atoms with Crippen molar-refractivity contribution in [1.82, 2.24) is 20.1 Å². The molecule has 0 radical (unpaired) electrons. The van der Waals surface area contributed by atoms with Gasteiger partial charge in [0.1, 0.15) is 19.6 Å². The highest BCUT2D eigenvalue weighted by Gasteiger charge is 2.37. The molecule has 0 aromatic carbocycles. The Morgan fingerprint density at radius 3 is 0.912 bits per heavy atom. The van der Waals surface area contributed by atoms with Gasteiger partial charge in [0.2, 0.25) is 0 Å². The fourth-order valence-electron chi connectivity index (χ4n) is 3.08. The molecule has 0 aliphatic carbocycles. The van der Waals surface area contributed by atoms with Crippen LogP contribution in [0.1, 0.15) is 38.5 Å². The first-order valence-corrected chi connectivity index (χ1v) is 9.97. The summed E-state index contributed by atoms with van der Waals surface area (Å²) in [5.74, 6) is -8.23. The molecule has 0 aromatic heterocycles. The van der Waals surface area contributed by atoms with Gasteiger partial charge in [-0.25, -0.2) is 14.4 Å². The fourth-order valence-corrected chi connectivity index (χ4v) is 3.08. The molecule has 0 saturated carbocycles. The molecule has 3 fully saturated rings. The van der Waals surface area contributed by atoms with Crippen LogP contribution in [0.3, 0.4) is 0 Å². The third kappa shape index (κ3) is 5.77. The molecule has 0 bridgehead atoms. The van der Waals surface area contributed by atoms with Crippen molar-refractivity contribution in [3.8, 4) is 0 Å². The first-order valence-electron chi connectivity index (χ1n) is 9.97. The molecule has 0 atom stereocenters. The maximum Gasteiger partial charge on any atom is 0.347 e. The summed E-state index contributed by atoms with van der Waals surface area (Å²) in [6.07, 6.45) is -0.975. The zero-order valence-corrected chi connectivity index (χ0v) is 17.6. The summed E-state index contributed by atoms with van der Waals surface area (Å²) in [6.45, 7) is -2.57. The van der Waals surface area contributed by atoms with E-state index in [-0.39, 0.29) is 53.7 Å². The van der Waals surface area contributed by atoms with Gasteiger partial charge in [-0.2, -0.15) is 0 Å². The Hall–Kier alpha value is -4.21. The third-order valence-corrected chi connectivity index (χ3v) is 4.65. The summed E-state index contributed by atoms with van der Waals surface area (Å²) in [4.78, 5) is 121. The van der Waals surface area contributed by atoms with Crippen molar-refractivity contribution >= 4 is 53.4 Å². The lowest BCUT2D eigenvalue weighted by molar-refractivity contribution is -0.204. The second kappa shape index (κ2) is 10.2. The molecule has 34 heavy (non-hydrogen) atoms. The van der Waals surface area contributed by atoms with E-state index in [0.717, 1.165) is 4.90 Å². The van der Waals surface area contributed by atoms with Crippen LogP contribution in [0.25, 0.3) is 0 Å². The summed E-state index contributed by atoms with van der Waals surface area (Å²) in [6, 6.07) is 0. The molecule has 16 heteroatoms. The molecule has 182 valence electrons. The van der Waals surface area contributed by atoms with E-state index in [4.69, 9.17) is 0 Å². The SMILES string of the molecule is O=C(CN(CC(=O)ON1C(=O)CCC1=O)CC(=O)ON1C(=O)CCC1=O)ON1C(=O)CCC1=O. The number of nitrogens with zero attached hydrogens (tertiary/aromatic N) is 4. The molecule has 0 N–H and O–H groups in total. The minimum Gasteiger partial charge on any atom is -0.329 e. The minimum atomic E-state index is -1.22.